The topological polar surface area (TPSA) is 43.6 Å². The lowest BCUT2D eigenvalue weighted by Crippen LogP contribution is -2.22. The van der Waals surface area contributed by atoms with Crippen molar-refractivity contribution in [1.82, 2.24) is 4.57 Å². The smallest absolute Gasteiger partial charge is 0.131 e. The Morgan fingerprint density at radius 2 is 2.08 bits per heavy atom. The Morgan fingerprint density at radius 1 is 1.32 bits per heavy atom. The van der Waals surface area contributed by atoms with Crippen LogP contribution in [0.25, 0.3) is 5.69 Å². The van der Waals surface area contributed by atoms with Crippen LogP contribution in [0.1, 0.15) is 25.0 Å². The van der Waals surface area contributed by atoms with E-state index in [2.05, 4.69) is 0 Å². The molecule has 0 spiro atoms. The molecule has 2 unspecified atom stereocenters. The van der Waals surface area contributed by atoms with Gasteiger partial charge in [0.05, 0.1) is 12.3 Å². The molecule has 0 saturated carbocycles. The number of halogens is 1. The van der Waals surface area contributed by atoms with Crippen molar-refractivity contribution in [3.63, 3.8) is 0 Å². The van der Waals surface area contributed by atoms with E-state index in [9.17, 15) is 5.11 Å². The largest absolute Gasteiger partial charge is 0.495 e. The summed E-state index contributed by atoms with van der Waals surface area (Å²) in [5.74, 6) is 0.679. The lowest BCUT2D eigenvalue weighted by molar-refractivity contribution is 0.0598. The van der Waals surface area contributed by atoms with Crippen molar-refractivity contribution in [3.05, 3.63) is 76.8 Å². The monoisotopic (exact) mass is 359 g/mol. The van der Waals surface area contributed by atoms with Crippen LogP contribution in [0.4, 0.5) is 0 Å². The van der Waals surface area contributed by atoms with Gasteiger partial charge in [0.25, 0.3) is 0 Å². The van der Waals surface area contributed by atoms with Gasteiger partial charge in [0, 0.05) is 35.7 Å². The number of nitrogens with zero attached hydrogens (tertiary/aromatic N) is 1. The second kappa shape index (κ2) is 7.91. The number of rotatable bonds is 6. The molecule has 0 bridgehead atoms. The summed E-state index contributed by atoms with van der Waals surface area (Å²) in [5.41, 5.74) is 2.30. The van der Waals surface area contributed by atoms with Crippen LogP contribution in [-0.4, -0.2) is 29.5 Å². The van der Waals surface area contributed by atoms with Crippen LogP contribution in [-0.2, 0) is 9.47 Å². The number of benzene rings is 1. The van der Waals surface area contributed by atoms with Crippen LogP contribution in [0.15, 0.2) is 66.2 Å². The second-order valence-electron chi connectivity index (χ2n) is 5.81. The molecule has 5 heteroatoms. The SMILES string of the molecule is CCOC1=C(C(O)c2cc(Cl)ccc2-n2cccc2)C=CCC1OC. The molecule has 0 saturated heterocycles. The first-order valence-electron chi connectivity index (χ1n) is 8.32. The van der Waals surface area contributed by atoms with E-state index in [0.717, 1.165) is 17.7 Å². The molecule has 1 aromatic heterocycles. The predicted octanol–water partition coefficient (Wildman–Crippen LogP) is 4.43. The molecule has 1 aromatic carbocycles. The van der Waals surface area contributed by atoms with Gasteiger partial charge in [0.1, 0.15) is 18.0 Å². The fraction of sp³-hybridized carbons (Fsp3) is 0.300. The summed E-state index contributed by atoms with van der Waals surface area (Å²) in [6, 6.07) is 9.40. The Hall–Kier alpha value is -2.01. The molecule has 1 aliphatic rings. The number of aromatic nitrogens is 1. The maximum Gasteiger partial charge on any atom is 0.131 e. The zero-order valence-electron chi connectivity index (χ0n) is 14.4. The van der Waals surface area contributed by atoms with Crippen LogP contribution in [0.3, 0.4) is 0 Å². The number of aliphatic hydroxyl groups is 1. The molecule has 4 nitrogen and oxygen atoms in total. The molecule has 1 aliphatic carbocycles. The minimum absolute atomic E-state index is 0.191. The van der Waals surface area contributed by atoms with Gasteiger partial charge in [-0.2, -0.15) is 0 Å². The fourth-order valence-corrected chi connectivity index (χ4v) is 3.28. The highest BCUT2D eigenvalue weighted by atomic mass is 35.5. The first kappa shape index (κ1) is 17.8. The average Bonchev–Trinajstić information content (AvgIpc) is 3.16. The first-order valence-corrected chi connectivity index (χ1v) is 8.70. The highest BCUT2D eigenvalue weighted by Gasteiger charge is 2.27. The van der Waals surface area contributed by atoms with E-state index in [1.165, 1.54) is 0 Å². The zero-order valence-corrected chi connectivity index (χ0v) is 15.1. The summed E-state index contributed by atoms with van der Waals surface area (Å²) in [5, 5.41) is 11.7. The van der Waals surface area contributed by atoms with Crippen molar-refractivity contribution in [3.8, 4) is 5.69 Å². The lowest BCUT2D eigenvalue weighted by atomic mass is 9.93. The van der Waals surface area contributed by atoms with Gasteiger partial charge in [0.15, 0.2) is 0 Å². The molecule has 1 N–H and O–H groups in total. The van der Waals surface area contributed by atoms with Crippen LogP contribution in [0, 0.1) is 0 Å². The van der Waals surface area contributed by atoms with E-state index in [1.807, 2.05) is 60.3 Å². The van der Waals surface area contributed by atoms with Gasteiger partial charge < -0.3 is 19.1 Å². The normalized spacial score (nSPS) is 18.5. The molecule has 3 rings (SSSR count). The van der Waals surface area contributed by atoms with Crippen molar-refractivity contribution in [2.24, 2.45) is 0 Å². The van der Waals surface area contributed by atoms with Crippen molar-refractivity contribution in [1.29, 1.82) is 0 Å². The van der Waals surface area contributed by atoms with Crippen LogP contribution >= 0.6 is 11.6 Å². The minimum atomic E-state index is -0.869. The standard InChI is InChI=1S/C20H22ClNO3/c1-3-25-20-15(7-6-8-18(20)24-2)19(23)16-13-14(21)9-10-17(16)22-11-4-5-12-22/h4-7,9-13,18-19,23H,3,8H2,1-2H3. The molecule has 25 heavy (non-hydrogen) atoms. The highest BCUT2D eigenvalue weighted by molar-refractivity contribution is 6.30. The minimum Gasteiger partial charge on any atom is -0.495 e. The predicted molar refractivity (Wildman–Crippen MR) is 98.9 cm³/mol. The van der Waals surface area contributed by atoms with Crippen molar-refractivity contribution in [2.75, 3.05) is 13.7 Å². The summed E-state index contributed by atoms with van der Waals surface area (Å²) >= 11 is 6.20. The Bertz CT molecular complexity index is 780. The van der Waals surface area contributed by atoms with Gasteiger partial charge in [-0.05, 0) is 43.7 Å². The van der Waals surface area contributed by atoms with Gasteiger partial charge in [-0.25, -0.2) is 0 Å². The molecule has 0 amide bonds. The number of hydrogen-bond acceptors (Lipinski definition) is 3. The fourth-order valence-electron chi connectivity index (χ4n) is 3.10. The molecular weight excluding hydrogens is 338 g/mol. The second-order valence-corrected chi connectivity index (χ2v) is 6.25. The highest BCUT2D eigenvalue weighted by Crippen LogP contribution is 2.35. The Labute approximate surface area is 152 Å². The van der Waals surface area contributed by atoms with E-state index in [0.29, 0.717) is 23.0 Å². The summed E-state index contributed by atoms with van der Waals surface area (Å²) in [7, 11) is 1.65. The third-order valence-electron chi connectivity index (χ3n) is 4.27. The van der Waals surface area contributed by atoms with Crippen molar-refractivity contribution < 1.29 is 14.6 Å². The summed E-state index contributed by atoms with van der Waals surface area (Å²) in [4.78, 5) is 0. The summed E-state index contributed by atoms with van der Waals surface area (Å²) < 4.78 is 13.3. The van der Waals surface area contributed by atoms with Gasteiger partial charge in [-0.3, -0.25) is 0 Å². The van der Waals surface area contributed by atoms with Gasteiger partial charge >= 0.3 is 0 Å². The maximum atomic E-state index is 11.1. The summed E-state index contributed by atoms with van der Waals surface area (Å²) in [6.45, 7) is 2.44. The molecule has 2 aromatic rings. The first-order chi connectivity index (χ1) is 12.2. The third kappa shape index (κ3) is 3.66. The average molecular weight is 360 g/mol. The van der Waals surface area contributed by atoms with Gasteiger partial charge in [-0.1, -0.05) is 23.8 Å². The Kier molecular flexibility index (Phi) is 5.63. The Balaban J connectivity index is 2.09. The lowest BCUT2D eigenvalue weighted by Gasteiger charge is -2.27. The van der Waals surface area contributed by atoms with Crippen molar-refractivity contribution >= 4 is 11.6 Å². The Morgan fingerprint density at radius 3 is 2.76 bits per heavy atom. The van der Waals surface area contributed by atoms with E-state index in [1.54, 1.807) is 13.2 Å². The number of hydrogen-bond donors (Lipinski definition) is 1. The number of aliphatic hydroxyl groups excluding tert-OH is 1. The molecule has 0 aliphatic heterocycles. The number of methoxy groups -OCH3 is 1. The molecular formula is C20H22ClNO3. The van der Waals surface area contributed by atoms with E-state index in [-0.39, 0.29) is 6.10 Å². The quantitative estimate of drug-likeness (QED) is 0.829. The maximum absolute atomic E-state index is 11.1. The van der Waals surface area contributed by atoms with Crippen LogP contribution in [0.2, 0.25) is 5.02 Å². The van der Waals surface area contributed by atoms with Gasteiger partial charge in [-0.15, -0.1) is 0 Å². The third-order valence-corrected chi connectivity index (χ3v) is 4.51. The van der Waals surface area contributed by atoms with Crippen LogP contribution in [0.5, 0.6) is 0 Å². The van der Waals surface area contributed by atoms with E-state index < -0.39 is 6.10 Å². The zero-order chi connectivity index (χ0) is 17.8. The molecule has 2 atom stereocenters. The van der Waals surface area contributed by atoms with Crippen molar-refractivity contribution in [2.45, 2.75) is 25.6 Å². The van der Waals surface area contributed by atoms with Gasteiger partial charge in [0.2, 0.25) is 0 Å². The van der Waals surface area contributed by atoms with E-state index in [4.69, 9.17) is 21.1 Å². The molecule has 132 valence electrons. The van der Waals surface area contributed by atoms with Crippen LogP contribution < -0.4 is 0 Å². The molecule has 0 fully saturated rings. The summed E-state index contributed by atoms with van der Waals surface area (Å²) in [6.07, 6.45) is 7.44. The molecule has 0 radical (unpaired) electrons. The molecule has 1 heterocycles. The van der Waals surface area contributed by atoms with E-state index >= 15 is 0 Å². The number of ether oxygens (including phenoxy) is 2.